The van der Waals surface area contributed by atoms with E-state index in [4.69, 9.17) is 10.5 Å². The maximum absolute atomic E-state index is 13.5. The molecule has 144 valence electrons. The van der Waals surface area contributed by atoms with Crippen LogP contribution in [0.1, 0.15) is 5.56 Å². The second-order valence-electron chi connectivity index (χ2n) is 6.03. The predicted molar refractivity (Wildman–Crippen MR) is 89.8 cm³/mol. The lowest BCUT2D eigenvalue weighted by atomic mass is 10.1. The first-order valence-electron chi connectivity index (χ1n) is 7.92. The highest BCUT2D eigenvalue weighted by atomic mass is 19.4. The minimum absolute atomic E-state index is 0.0411. The Balaban J connectivity index is 2.35. The van der Waals surface area contributed by atoms with E-state index in [1.807, 2.05) is 0 Å². The van der Waals surface area contributed by atoms with Crippen molar-refractivity contribution in [1.29, 1.82) is 0 Å². The Morgan fingerprint density at radius 3 is 2.65 bits per heavy atom. The lowest BCUT2D eigenvalue weighted by molar-refractivity contribution is -0.137. The number of halogens is 3. The third-order valence-corrected chi connectivity index (χ3v) is 4.01. The molecule has 1 aliphatic rings. The number of carbonyl (C=O) groups is 2. The van der Waals surface area contributed by atoms with Crippen LogP contribution >= 0.6 is 0 Å². The van der Waals surface area contributed by atoms with Crippen molar-refractivity contribution in [3.63, 3.8) is 0 Å². The summed E-state index contributed by atoms with van der Waals surface area (Å²) in [4.78, 5) is 26.8. The average molecular weight is 374 g/mol. The molecular weight excluding hydrogens is 353 g/mol. The number of morpholine rings is 1. The Labute approximate surface area is 148 Å². The molecular formula is C16H21F3N4O3. The first-order chi connectivity index (χ1) is 12.1. The number of carbonyl (C=O) groups excluding carboxylic acids is 2. The molecule has 1 aliphatic heterocycles. The van der Waals surface area contributed by atoms with Crippen molar-refractivity contribution in [3.05, 3.63) is 23.8 Å². The SMILES string of the molecule is CN(C)[C@@H](CN)C(=O)Nc1ccc(N2CCOCC2=O)cc1C(F)(F)F. The summed E-state index contributed by atoms with van der Waals surface area (Å²) >= 11 is 0. The van der Waals surface area contributed by atoms with Crippen molar-refractivity contribution in [2.24, 2.45) is 5.73 Å². The van der Waals surface area contributed by atoms with Crippen molar-refractivity contribution in [2.45, 2.75) is 12.2 Å². The summed E-state index contributed by atoms with van der Waals surface area (Å²) in [6.07, 6.45) is -4.70. The van der Waals surface area contributed by atoms with Crippen molar-refractivity contribution >= 4 is 23.2 Å². The van der Waals surface area contributed by atoms with E-state index in [1.54, 1.807) is 14.1 Å². The lowest BCUT2D eigenvalue weighted by Gasteiger charge is -2.28. The monoisotopic (exact) mass is 374 g/mol. The van der Waals surface area contributed by atoms with Crippen LogP contribution in [0.5, 0.6) is 0 Å². The summed E-state index contributed by atoms with van der Waals surface area (Å²) in [5, 5.41) is 2.28. The zero-order valence-electron chi connectivity index (χ0n) is 14.5. The summed E-state index contributed by atoms with van der Waals surface area (Å²) in [6.45, 7) is 0.186. The molecule has 1 heterocycles. The van der Waals surface area contributed by atoms with Crippen LogP contribution in [0.4, 0.5) is 24.5 Å². The van der Waals surface area contributed by atoms with E-state index in [0.29, 0.717) is 0 Å². The number of nitrogens with zero attached hydrogens (tertiary/aromatic N) is 2. The highest BCUT2D eigenvalue weighted by molar-refractivity contribution is 5.97. The van der Waals surface area contributed by atoms with E-state index in [1.165, 1.54) is 15.9 Å². The van der Waals surface area contributed by atoms with Crippen molar-refractivity contribution < 1.29 is 27.5 Å². The van der Waals surface area contributed by atoms with E-state index >= 15 is 0 Å². The number of nitrogens with two attached hydrogens (primary N) is 1. The number of benzene rings is 1. The zero-order valence-corrected chi connectivity index (χ0v) is 14.5. The van der Waals surface area contributed by atoms with Gasteiger partial charge in [0.05, 0.1) is 17.9 Å². The van der Waals surface area contributed by atoms with Gasteiger partial charge in [0.1, 0.15) is 12.6 Å². The molecule has 0 aromatic heterocycles. The number of hydrogen-bond donors (Lipinski definition) is 2. The fraction of sp³-hybridized carbons (Fsp3) is 0.500. The Morgan fingerprint density at radius 2 is 2.12 bits per heavy atom. The van der Waals surface area contributed by atoms with Gasteiger partial charge in [-0.25, -0.2) is 0 Å². The van der Waals surface area contributed by atoms with Gasteiger partial charge in [0.2, 0.25) is 5.91 Å². The molecule has 1 atom stereocenters. The van der Waals surface area contributed by atoms with Gasteiger partial charge in [0.15, 0.2) is 0 Å². The minimum atomic E-state index is -4.70. The van der Waals surface area contributed by atoms with Crippen LogP contribution in [-0.2, 0) is 20.5 Å². The topological polar surface area (TPSA) is 87.9 Å². The fourth-order valence-electron chi connectivity index (χ4n) is 2.60. The molecule has 7 nitrogen and oxygen atoms in total. The number of likely N-dealkylation sites (N-methyl/N-ethyl adjacent to an activating group) is 1. The molecule has 2 rings (SSSR count). The van der Waals surface area contributed by atoms with E-state index in [2.05, 4.69) is 5.32 Å². The van der Waals surface area contributed by atoms with Crippen LogP contribution in [0, 0.1) is 0 Å². The minimum Gasteiger partial charge on any atom is -0.370 e. The molecule has 1 aromatic rings. The standard InChI is InChI=1S/C16H21F3N4O3/c1-22(2)13(8-20)15(25)21-12-4-3-10(7-11(12)16(17,18)19)23-5-6-26-9-14(23)24/h3-4,7,13H,5-6,8-9,20H2,1-2H3,(H,21,25)/t13-/m0/s1. The van der Waals surface area contributed by atoms with Gasteiger partial charge in [-0.2, -0.15) is 13.2 Å². The van der Waals surface area contributed by atoms with Gasteiger partial charge in [-0.3, -0.25) is 14.5 Å². The largest absolute Gasteiger partial charge is 0.418 e. The maximum Gasteiger partial charge on any atom is 0.418 e. The third kappa shape index (κ3) is 4.51. The fourth-order valence-corrected chi connectivity index (χ4v) is 2.60. The summed E-state index contributed by atoms with van der Waals surface area (Å²) < 4.78 is 45.4. The summed E-state index contributed by atoms with van der Waals surface area (Å²) in [6, 6.07) is 2.59. The Morgan fingerprint density at radius 1 is 1.42 bits per heavy atom. The molecule has 0 saturated carbocycles. The highest BCUT2D eigenvalue weighted by Gasteiger charge is 2.36. The second kappa shape index (κ2) is 8.02. The maximum atomic E-state index is 13.5. The number of rotatable bonds is 5. The number of hydrogen-bond acceptors (Lipinski definition) is 5. The van der Waals surface area contributed by atoms with Gasteiger partial charge in [-0.1, -0.05) is 0 Å². The second-order valence-corrected chi connectivity index (χ2v) is 6.03. The molecule has 1 fully saturated rings. The third-order valence-electron chi connectivity index (χ3n) is 4.01. The van der Waals surface area contributed by atoms with E-state index in [-0.39, 0.29) is 37.7 Å². The Hall–Kier alpha value is -2.17. The number of amides is 2. The first-order valence-corrected chi connectivity index (χ1v) is 7.92. The zero-order chi connectivity index (χ0) is 19.5. The van der Waals surface area contributed by atoms with Crippen LogP contribution < -0.4 is 16.0 Å². The molecule has 10 heteroatoms. The van der Waals surface area contributed by atoms with E-state index in [0.717, 1.165) is 12.1 Å². The van der Waals surface area contributed by atoms with Crippen LogP contribution in [0.15, 0.2) is 18.2 Å². The summed E-state index contributed by atoms with van der Waals surface area (Å²) in [7, 11) is 3.21. The molecule has 26 heavy (non-hydrogen) atoms. The molecule has 3 N–H and O–H groups in total. The molecule has 0 bridgehead atoms. The number of alkyl halides is 3. The smallest absolute Gasteiger partial charge is 0.370 e. The van der Waals surface area contributed by atoms with Crippen LogP contribution in [0.3, 0.4) is 0 Å². The number of nitrogens with one attached hydrogen (secondary N) is 1. The Kier molecular flexibility index (Phi) is 6.21. The lowest BCUT2D eigenvalue weighted by Crippen LogP contribution is -2.45. The molecule has 0 spiro atoms. The van der Waals surface area contributed by atoms with Crippen LogP contribution in [-0.4, -0.2) is 63.2 Å². The molecule has 1 saturated heterocycles. The van der Waals surface area contributed by atoms with Crippen LogP contribution in [0.25, 0.3) is 0 Å². The number of anilines is 2. The van der Waals surface area contributed by atoms with E-state index < -0.39 is 29.6 Å². The molecule has 0 aliphatic carbocycles. The van der Waals surface area contributed by atoms with Crippen LogP contribution in [0.2, 0.25) is 0 Å². The van der Waals surface area contributed by atoms with Gasteiger partial charge < -0.3 is 20.7 Å². The molecule has 1 aromatic carbocycles. The quantitative estimate of drug-likeness (QED) is 0.800. The molecule has 0 radical (unpaired) electrons. The normalized spacial score (nSPS) is 16.7. The van der Waals surface area contributed by atoms with Gasteiger partial charge in [0.25, 0.3) is 5.91 Å². The van der Waals surface area contributed by atoms with E-state index in [9.17, 15) is 22.8 Å². The van der Waals surface area contributed by atoms with Crippen molar-refractivity contribution in [3.8, 4) is 0 Å². The Bertz CT molecular complexity index is 679. The van der Waals surface area contributed by atoms with Gasteiger partial charge in [-0.05, 0) is 32.3 Å². The predicted octanol–water partition coefficient (Wildman–Crippen LogP) is 0.896. The van der Waals surface area contributed by atoms with Crippen molar-refractivity contribution in [2.75, 3.05) is 50.6 Å². The van der Waals surface area contributed by atoms with Gasteiger partial charge >= 0.3 is 6.18 Å². The summed E-state index contributed by atoms with van der Waals surface area (Å²) in [5.74, 6) is -1.06. The molecule has 0 unspecified atom stereocenters. The first kappa shape index (κ1) is 20.1. The highest BCUT2D eigenvalue weighted by Crippen LogP contribution is 2.37. The molecule has 2 amide bonds. The van der Waals surface area contributed by atoms with Gasteiger partial charge in [0, 0.05) is 18.8 Å². The van der Waals surface area contributed by atoms with Gasteiger partial charge in [-0.15, -0.1) is 0 Å². The average Bonchev–Trinajstić information content (AvgIpc) is 2.55. The van der Waals surface area contributed by atoms with Crippen molar-refractivity contribution in [1.82, 2.24) is 4.90 Å². The number of ether oxygens (including phenoxy) is 1. The summed E-state index contributed by atoms with van der Waals surface area (Å²) in [5.41, 5.74) is 4.20.